The molecule has 154 valence electrons. The smallest absolute Gasteiger partial charge is 0.0732 e. The Labute approximate surface area is 191 Å². The number of fused-ring (bicyclic) bond motifs is 14. The van der Waals surface area contributed by atoms with E-state index >= 15 is 0 Å². The standard InChI is InChI=1S/C31H20N2/c32-33-27-16-8-4-12-23(27)29-28(33)18-17-22-21-11-3-7-15-26(21)31(30(22)29)24-13-5-1-9-19(24)20-10-2-6-14-25(20)31/h1-18H,32H2. The van der Waals surface area contributed by atoms with E-state index in [0.29, 0.717) is 0 Å². The summed E-state index contributed by atoms with van der Waals surface area (Å²) in [5.74, 6) is 6.67. The van der Waals surface area contributed by atoms with Crippen LogP contribution in [0, 0.1) is 0 Å². The first-order valence-corrected chi connectivity index (χ1v) is 11.4. The van der Waals surface area contributed by atoms with Gasteiger partial charge in [0.25, 0.3) is 0 Å². The average Bonchev–Trinajstić information content (AvgIpc) is 3.46. The molecule has 1 heterocycles. The van der Waals surface area contributed by atoms with Gasteiger partial charge in [-0.2, -0.15) is 0 Å². The number of hydrogen-bond donors (Lipinski definition) is 1. The Morgan fingerprint density at radius 2 is 1.00 bits per heavy atom. The Hall–Kier alpha value is -4.30. The molecule has 2 nitrogen and oxygen atoms in total. The fourth-order valence-corrected chi connectivity index (χ4v) is 6.68. The maximum Gasteiger partial charge on any atom is 0.0732 e. The minimum atomic E-state index is -0.358. The Balaban J connectivity index is 1.70. The van der Waals surface area contributed by atoms with Gasteiger partial charge in [0.1, 0.15) is 0 Å². The second-order valence-corrected chi connectivity index (χ2v) is 9.16. The number of benzene rings is 5. The highest BCUT2D eigenvalue weighted by molar-refractivity contribution is 6.15. The van der Waals surface area contributed by atoms with Gasteiger partial charge in [-0.3, -0.25) is 4.68 Å². The summed E-state index contributed by atoms with van der Waals surface area (Å²) in [7, 11) is 0. The number of nitrogen functional groups attached to an aromatic ring is 1. The molecule has 5 aromatic carbocycles. The van der Waals surface area contributed by atoms with Gasteiger partial charge in [0.2, 0.25) is 0 Å². The van der Waals surface area contributed by atoms with E-state index in [0.717, 1.165) is 11.0 Å². The molecule has 1 aromatic heterocycles. The zero-order valence-electron chi connectivity index (χ0n) is 17.9. The molecule has 0 unspecified atom stereocenters. The molecule has 0 atom stereocenters. The van der Waals surface area contributed by atoms with Crippen molar-refractivity contribution in [3.05, 3.63) is 131 Å². The highest BCUT2D eigenvalue weighted by atomic mass is 15.3. The largest absolute Gasteiger partial charge is 0.339 e. The van der Waals surface area contributed by atoms with Crippen molar-refractivity contribution in [2.75, 3.05) is 5.84 Å². The maximum absolute atomic E-state index is 6.67. The summed E-state index contributed by atoms with van der Waals surface area (Å²) in [4.78, 5) is 0. The third-order valence-corrected chi connectivity index (χ3v) is 7.82. The molecule has 0 fully saturated rings. The van der Waals surface area contributed by atoms with Crippen molar-refractivity contribution in [3.8, 4) is 22.3 Å². The fourth-order valence-electron chi connectivity index (χ4n) is 6.68. The Kier molecular flexibility index (Phi) is 3.00. The molecular weight excluding hydrogens is 400 g/mol. The van der Waals surface area contributed by atoms with Crippen LogP contribution < -0.4 is 5.84 Å². The van der Waals surface area contributed by atoms with Gasteiger partial charge in [0.15, 0.2) is 0 Å². The van der Waals surface area contributed by atoms with Gasteiger partial charge in [-0.15, -0.1) is 0 Å². The van der Waals surface area contributed by atoms with Gasteiger partial charge in [0, 0.05) is 10.8 Å². The predicted molar refractivity (Wildman–Crippen MR) is 136 cm³/mol. The van der Waals surface area contributed by atoms with Gasteiger partial charge >= 0.3 is 0 Å². The summed E-state index contributed by atoms with van der Waals surface area (Å²) in [6, 6.07) is 39.8. The molecule has 0 saturated heterocycles. The van der Waals surface area contributed by atoms with Crippen LogP contribution in [0.1, 0.15) is 22.3 Å². The number of nitrogens with zero attached hydrogens (tertiary/aromatic N) is 1. The lowest BCUT2D eigenvalue weighted by atomic mass is 9.69. The zero-order valence-corrected chi connectivity index (χ0v) is 17.9. The molecular formula is C31H20N2. The second-order valence-electron chi connectivity index (χ2n) is 9.16. The van der Waals surface area contributed by atoms with Crippen LogP contribution in [0.4, 0.5) is 0 Å². The van der Waals surface area contributed by atoms with Crippen LogP contribution in [0.25, 0.3) is 44.1 Å². The van der Waals surface area contributed by atoms with Crippen LogP contribution in [-0.4, -0.2) is 4.68 Å². The first-order valence-electron chi connectivity index (χ1n) is 11.4. The monoisotopic (exact) mass is 420 g/mol. The average molecular weight is 421 g/mol. The number of para-hydroxylation sites is 1. The number of rotatable bonds is 0. The molecule has 0 amide bonds. The van der Waals surface area contributed by atoms with Crippen LogP contribution in [0.3, 0.4) is 0 Å². The van der Waals surface area contributed by atoms with E-state index in [1.54, 1.807) is 0 Å². The minimum absolute atomic E-state index is 0.358. The molecule has 0 saturated carbocycles. The van der Waals surface area contributed by atoms with E-state index in [-0.39, 0.29) is 5.41 Å². The minimum Gasteiger partial charge on any atom is -0.339 e. The molecule has 2 aliphatic rings. The van der Waals surface area contributed by atoms with E-state index in [1.165, 1.54) is 55.3 Å². The van der Waals surface area contributed by atoms with Crippen LogP contribution in [0.15, 0.2) is 109 Å². The van der Waals surface area contributed by atoms with Gasteiger partial charge < -0.3 is 5.84 Å². The predicted octanol–water partition coefficient (Wildman–Crippen LogP) is 6.85. The molecule has 1 spiro atoms. The SMILES string of the molecule is Nn1c2ccccc2c2c3c(ccc21)-c1ccccc1C31c2ccccc2-c2ccccc21. The van der Waals surface area contributed by atoms with Crippen LogP contribution in [-0.2, 0) is 5.41 Å². The van der Waals surface area contributed by atoms with E-state index in [9.17, 15) is 0 Å². The number of nitrogens with two attached hydrogens (primary N) is 1. The second kappa shape index (κ2) is 5.73. The molecule has 2 heteroatoms. The molecule has 2 N–H and O–H groups in total. The zero-order chi connectivity index (χ0) is 21.7. The van der Waals surface area contributed by atoms with Gasteiger partial charge in [-0.25, -0.2) is 0 Å². The van der Waals surface area contributed by atoms with Crippen LogP contribution in [0.5, 0.6) is 0 Å². The lowest BCUT2D eigenvalue weighted by Gasteiger charge is -2.31. The van der Waals surface area contributed by atoms with E-state index in [1.807, 2.05) is 4.68 Å². The Morgan fingerprint density at radius 3 is 1.64 bits per heavy atom. The summed E-state index contributed by atoms with van der Waals surface area (Å²) in [6.45, 7) is 0. The summed E-state index contributed by atoms with van der Waals surface area (Å²) in [5, 5.41) is 2.47. The van der Waals surface area contributed by atoms with Crippen molar-refractivity contribution < 1.29 is 0 Å². The lowest BCUT2D eigenvalue weighted by molar-refractivity contribution is 0.801. The van der Waals surface area contributed by atoms with Crippen molar-refractivity contribution in [1.29, 1.82) is 0 Å². The van der Waals surface area contributed by atoms with Gasteiger partial charge in [-0.1, -0.05) is 97.1 Å². The third-order valence-electron chi connectivity index (χ3n) is 7.82. The summed E-state index contributed by atoms with van der Waals surface area (Å²) in [5.41, 5.74) is 12.5. The van der Waals surface area contributed by atoms with E-state index < -0.39 is 0 Å². The molecule has 0 aliphatic heterocycles. The topological polar surface area (TPSA) is 30.9 Å². The highest BCUT2D eigenvalue weighted by Gasteiger charge is 2.52. The third kappa shape index (κ3) is 1.80. The highest BCUT2D eigenvalue weighted by Crippen LogP contribution is 2.64. The van der Waals surface area contributed by atoms with E-state index in [2.05, 4.69) is 109 Å². The van der Waals surface area contributed by atoms with Crippen molar-refractivity contribution in [1.82, 2.24) is 4.68 Å². The summed E-state index contributed by atoms with van der Waals surface area (Å²) < 4.78 is 1.86. The molecule has 6 aromatic rings. The molecule has 8 rings (SSSR count). The summed E-state index contributed by atoms with van der Waals surface area (Å²) >= 11 is 0. The molecule has 33 heavy (non-hydrogen) atoms. The molecule has 2 aliphatic carbocycles. The number of aromatic nitrogens is 1. The van der Waals surface area contributed by atoms with Crippen molar-refractivity contribution in [2.45, 2.75) is 5.41 Å². The van der Waals surface area contributed by atoms with Crippen LogP contribution in [0.2, 0.25) is 0 Å². The Bertz CT molecular complexity index is 1720. The van der Waals surface area contributed by atoms with Crippen molar-refractivity contribution in [3.63, 3.8) is 0 Å². The van der Waals surface area contributed by atoms with Crippen molar-refractivity contribution >= 4 is 21.8 Å². The number of hydrogen-bond acceptors (Lipinski definition) is 1. The normalized spacial score (nSPS) is 14.4. The van der Waals surface area contributed by atoms with Crippen LogP contribution >= 0.6 is 0 Å². The Morgan fingerprint density at radius 1 is 0.485 bits per heavy atom. The first-order chi connectivity index (χ1) is 16.3. The quantitative estimate of drug-likeness (QED) is 0.267. The lowest BCUT2D eigenvalue weighted by Crippen LogP contribution is -2.26. The van der Waals surface area contributed by atoms with E-state index in [4.69, 9.17) is 5.84 Å². The summed E-state index contributed by atoms with van der Waals surface area (Å²) in [6.07, 6.45) is 0. The van der Waals surface area contributed by atoms with Gasteiger partial charge in [0.05, 0.1) is 16.4 Å². The van der Waals surface area contributed by atoms with Gasteiger partial charge in [-0.05, 0) is 56.6 Å². The maximum atomic E-state index is 6.67. The first kappa shape index (κ1) is 17.3. The fraction of sp³-hybridized carbons (Fsp3) is 0.0323. The molecule has 0 bridgehead atoms. The van der Waals surface area contributed by atoms with Crippen molar-refractivity contribution in [2.24, 2.45) is 0 Å². The molecule has 0 radical (unpaired) electrons.